The molecule has 0 aliphatic heterocycles. The number of carbonyl (C=O) groups excluding carboxylic acids is 1. The summed E-state index contributed by atoms with van der Waals surface area (Å²) in [4.78, 5) is 10.7. The molecule has 1 aromatic rings. The van der Waals surface area contributed by atoms with E-state index in [4.69, 9.17) is 0 Å². The van der Waals surface area contributed by atoms with Crippen LogP contribution in [-0.4, -0.2) is 10.9 Å². The molecular formula is C11H14O2. The van der Waals surface area contributed by atoms with Crippen molar-refractivity contribution in [2.75, 3.05) is 0 Å². The van der Waals surface area contributed by atoms with Crippen LogP contribution in [0.25, 0.3) is 0 Å². The quantitative estimate of drug-likeness (QED) is 0.766. The van der Waals surface area contributed by atoms with E-state index < -0.39 is 6.10 Å². The number of hydrogen-bond acceptors (Lipinski definition) is 2. The lowest BCUT2D eigenvalue weighted by atomic mass is 10.0. The molecule has 0 saturated heterocycles. The molecule has 0 fully saturated rings. The molecule has 2 heteroatoms. The first kappa shape index (κ1) is 9.93. The van der Waals surface area contributed by atoms with E-state index in [1.807, 2.05) is 30.3 Å². The van der Waals surface area contributed by atoms with Crippen LogP contribution in [-0.2, 0) is 4.79 Å². The van der Waals surface area contributed by atoms with Crippen LogP contribution in [0.5, 0.6) is 0 Å². The number of aliphatic hydroxyl groups excluding tert-OH is 1. The lowest BCUT2D eigenvalue weighted by Crippen LogP contribution is -2.00. The number of Topliss-reactive ketones (excluding diaryl/α,β-unsaturated/α-hetero) is 1. The predicted octanol–water partition coefficient (Wildman–Crippen LogP) is 2.09. The minimum Gasteiger partial charge on any atom is -0.388 e. The van der Waals surface area contributed by atoms with Crippen LogP contribution in [0, 0.1) is 0 Å². The van der Waals surface area contributed by atoms with Gasteiger partial charge in [0.15, 0.2) is 0 Å². The summed E-state index contributed by atoms with van der Waals surface area (Å²) >= 11 is 0. The lowest BCUT2D eigenvalue weighted by Gasteiger charge is -2.08. The molecule has 0 spiro atoms. The van der Waals surface area contributed by atoms with Crippen LogP contribution in [0.2, 0.25) is 0 Å². The second kappa shape index (κ2) is 4.77. The largest absolute Gasteiger partial charge is 0.388 e. The van der Waals surface area contributed by atoms with Crippen LogP contribution < -0.4 is 0 Å². The highest BCUT2D eigenvalue weighted by Gasteiger charge is 2.07. The highest BCUT2D eigenvalue weighted by molar-refractivity contribution is 5.75. The van der Waals surface area contributed by atoms with Crippen molar-refractivity contribution in [1.29, 1.82) is 0 Å². The monoisotopic (exact) mass is 178 g/mol. The summed E-state index contributed by atoms with van der Waals surface area (Å²) in [5.41, 5.74) is 0.878. The molecule has 1 rings (SSSR count). The molecule has 13 heavy (non-hydrogen) atoms. The number of aliphatic hydroxyl groups is 1. The number of rotatable bonds is 4. The first-order valence-corrected chi connectivity index (χ1v) is 4.42. The van der Waals surface area contributed by atoms with E-state index in [1.165, 1.54) is 6.92 Å². The van der Waals surface area contributed by atoms with Gasteiger partial charge in [-0.1, -0.05) is 30.3 Å². The van der Waals surface area contributed by atoms with E-state index in [-0.39, 0.29) is 5.78 Å². The molecule has 0 aromatic heterocycles. The van der Waals surface area contributed by atoms with Gasteiger partial charge in [-0.05, 0) is 18.9 Å². The fraction of sp³-hybridized carbons (Fsp3) is 0.364. The lowest BCUT2D eigenvalue weighted by molar-refractivity contribution is -0.117. The molecule has 0 bridgehead atoms. The van der Waals surface area contributed by atoms with Gasteiger partial charge in [0.05, 0.1) is 6.10 Å². The Labute approximate surface area is 78.2 Å². The Morgan fingerprint density at radius 1 is 1.38 bits per heavy atom. The zero-order valence-electron chi connectivity index (χ0n) is 7.73. The van der Waals surface area contributed by atoms with Crippen molar-refractivity contribution in [3.8, 4) is 0 Å². The number of hydrogen-bond donors (Lipinski definition) is 1. The molecule has 0 aliphatic rings. The highest BCUT2D eigenvalue weighted by atomic mass is 16.3. The molecule has 0 unspecified atom stereocenters. The molecule has 0 heterocycles. The smallest absolute Gasteiger partial charge is 0.129 e. The Morgan fingerprint density at radius 2 is 2.00 bits per heavy atom. The third-order valence-corrected chi connectivity index (χ3v) is 1.95. The Balaban J connectivity index is 2.49. The summed E-state index contributed by atoms with van der Waals surface area (Å²) in [6.45, 7) is 1.54. The minimum atomic E-state index is -0.509. The van der Waals surface area contributed by atoms with Gasteiger partial charge >= 0.3 is 0 Å². The zero-order chi connectivity index (χ0) is 9.68. The summed E-state index contributed by atoms with van der Waals surface area (Å²) < 4.78 is 0. The average molecular weight is 178 g/mol. The van der Waals surface area contributed by atoms with Crippen LogP contribution in [0.3, 0.4) is 0 Å². The van der Waals surface area contributed by atoms with Crippen molar-refractivity contribution in [2.45, 2.75) is 25.9 Å². The second-order valence-electron chi connectivity index (χ2n) is 3.17. The maximum Gasteiger partial charge on any atom is 0.129 e. The van der Waals surface area contributed by atoms with Crippen molar-refractivity contribution < 1.29 is 9.90 Å². The Morgan fingerprint density at radius 3 is 2.54 bits per heavy atom. The van der Waals surface area contributed by atoms with Gasteiger partial charge in [-0.3, -0.25) is 0 Å². The molecule has 1 atom stereocenters. The maximum absolute atomic E-state index is 10.7. The topological polar surface area (TPSA) is 37.3 Å². The number of ketones is 1. The molecule has 0 aliphatic carbocycles. The fourth-order valence-corrected chi connectivity index (χ4v) is 1.18. The first-order chi connectivity index (χ1) is 6.20. The van der Waals surface area contributed by atoms with Crippen molar-refractivity contribution in [1.82, 2.24) is 0 Å². The van der Waals surface area contributed by atoms with Crippen molar-refractivity contribution in [3.63, 3.8) is 0 Å². The average Bonchev–Trinajstić information content (AvgIpc) is 2.15. The van der Waals surface area contributed by atoms with Crippen LogP contribution in [0.15, 0.2) is 30.3 Å². The third kappa shape index (κ3) is 3.38. The molecule has 1 N–H and O–H groups in total. The normalized spacial score (nSPS) is 12.5. The molecule has 0 radical (unpaired) electrons. The standard InChI is InChI=1S/C11H14O2/c1-9(12)7-8-11(13)10-5-3-2-4-6-10/h2-6,11,13H,7-8H2,1H3/t11-/m1/s1. The predicted molar refractivity (Wildman–Crippen MR) is 51.3 cm³/mol. The molecule has 70 valence electrons. The van der Waals surface area contributed by atoms with Crippen molar-refractivity contribution in [2.24, 2.45) is 0 Å². The highest BCUT2D eigenvalue weighted by Crippen LogP contribution is 2.17. The van der Waals surface area contributed by atoms with E-state index in [0.717, 1.165) is 5.56 Å². The van der Waals surface area contributed by atoms with E-state index >= 15 is 0 Å². The first-order valence-electron chi connectivity index (χ1n) is 4.42. The van der Waals surface area contributed by atoms with Crippen LogP contribution >= 0.6 is 0 Å². The van der Waals surface area contributed by atoms with Gasteiger partial charge in [0.2, 0.25) is 0 Å². The molecule has 2 nitrogen and oxygen atoms in total. The van der Waals surface area contributed by atoms with Gasteiger partial charge in [-0.15, -0.1) is 0 Å². The number of carbonyl (C=O) groups is 1. The Bertz CT molecular complexity index is 267. The van der Waals surface area contributed by atoms with E-state index in [9.17, 15) is 9.90 Å². The number of benzene rings is 1. The minimum absolute atomic E-state index is 0.120. The van der Waals surface area contributed by atoms with E-state index in [0.29, 0.717) is 12.8 Å². The van der Waals surface area contributed by atoms with Crippen molar-refractivity contribution >= 4 is 5.78 Å². The third-order valence-electron chi connectivity index (χ3n) is 1.95. The summed E-state index contributed by atoms with van der Waals surface area (Å²) in [6.07, 6.45) is 0.445. The summed E-state index contributed by atoms with van der Waals surface area (Å²) in [7, 11) is 0. The summed E-state index contributed by atoms with van der Waals surface area (Å²) in [5, 5.41) is 9.62. The van der Waals surface area contributed by atoms with Crippen molar-refractivity contribution in [3.05, 3.63) is 35.9 Å². The zero-order valence-corrected chi connectivity index (χ0v) is 7.73. The Kier molecular flexibility index (Phi) is 3.65. The van der Waals surface area contributed by atoms with Gasteiger partial charge in [0, 0.05) is 6.42 Å². The molecular weight excluding hydrogens is 164 g/mol. The van der Waals surface area contributed by atoms with E-state index in [1.54, 1.807) is 0 Å². The fourth-order valence-electron chi connectivity index (χ4n) is 1.18. The van der Waals surface area contributed by atoms with Gasteiger partial charge in [-0.25, -0.2) is 0 Å². The SMILES string of the molecule is CC(=O)CC[C@@H](O)c1ccccc1. The Hall–Kier alpha value is -1.15. The summed E-state index contributed by atoms with van der Waals surface area (Å²) in [6, 6.07) is 9.40. The van der Waals surface area contributed by atoms with Gasteiger partial charge < -0.3 is 9.90 Å². The molecule has 0 saturated carbocycles. The van der Waals surface area contributed by atoms with E-state index in [2.05, 4.69) is 0 Å². The van der Waals surface area contributed by atoms with Gasteiger partial charge in [-0.2, -0.15) is 0 Å². The molecule has 0 amide bonds. The second-order valence-corrected chi connectivity index (χ2v) is 3.17. The van der Waals surface area contributed by atoms with Gasteiger partial charge in [0.1, 0.15) is 5.78 Å². The van der Waals surface area contributed by atoms with Gasteiger partial charge in [0.25, 0.3) is 0 Å². The maximum atomic E-state index is 10.7. The van der Waals surface area contributed by atoms with Crippen LogP contribution in [0.4, 0.5) is 0 Å². The molecule has 1 aromatic carbocycles. The summed E-state index contributed by atoms with van der Waals surface area (Å²) in [5.74, 6) is 0.120. The van der Waals surface area contributed by atoms with Crippen LogP contribution in [0.1, 0.15) is 31.4 Å².